The van der Waals surface area contributed by atoms with Crippen molar-refractivity contribution in [2.24, 2.45) is 5.73 Å². The van der Waals surface area contributed by atoms with E-state index in [0.717, 1.165) is 38.2 Å². The number of nitrogens with two attached hydrogens (primary N) is 1. The molecule has 1 nitrogen and oxygen atoms in total. The van der Waals surface area contributed by atoms with Gasteiger partial charge < -0.3 is 5.73 Å². The quantitative estimate of drug-likeness (QED) is 0.491. The zero-order chi connectivity index (χ0) is 15.9. The van der Waals surface area contributed by atoms with Gasteiger partial charge in [-0.2, -0.15) is 13.2 Å². The monoisotopic (exact) mass is 305 g/mol. The van der Waals surface area contributed by atoms with Crippen molar-refractivity contribution >= 4 is 0 Å². The largest absolute Gasteiger partial charge is 0.419 e. The highest BCUT2D eigenvalue weighted by atomic mass is 19.4. The third kappa shape index (κ3) is 5.65. The fourth-order valence-electron chi connectivity index (χ4n) is 2.36. The Kier molecular flexibility index (Phi) is 7.15. The first-order valence-electron chi connectivity index (χ1n) is 7.49. The molecule has 1 atom stereocenters. The lowest BCUT2D eigenvalue weighted by atomic mass is 9.98. The van der Waals surface area contributed by atoms with Gasteiger partial charge in [-0.1, -0.05) is 57.6 Å². The molecule has 0 saturated carbocycles. The van der Waals surface area contributed by atoms with Gasteiger partial charge >= 0.3 is 6.18 Å². The van der Waals surface area contributed by atoms with Crippen molar-refractivity contribution in [3.8, 4) is 0 Å². The Labute approximate surface area is 123 Å². The summed E-state index contributed by atoms with van der Waals surface area (Å²) in [5.74, 6) is -1.23. The molecule has 2 N–H and O–H groups in total. The maximum Gasteiger partial charge on any atom is 0.419 e. The van der Waals surface area contributed by atoms with Crippen molar-refractivity contribution in [1.29, 1.82) is 0 Å². The summed E-state index contributed by atoms with van der Waals surface area (Å²) in [6.07, 6.45) is 2.21. The second kappa shape index (κ2) is 8.37. The molecule has 120 valence electrons. The molecule has 0 aliphatic rings. The molecule has 5 heteroatoms. The summed E-state index contributed by atoms with van der Waals surface area (Å²) in [5.41, 5.74) is 4.56. The number of alkyl halides is 3. The second-order valence-electron chi connectivity index (χ2n) is 5.37. The minimum Gasteiger partial charge on any atom is -0.324 e. The van der Waals surface area contributed by atoms with Gasteiger partial charge in [0.2, 0.25) is 0 Å². The lowest BCUT2D eigenvalue weighted by molar-refractivity contribution is -0.140. The Morgan fingerprint density at radius 3 is 2.29 bits per heavy atom. The minimum atomic E-state index is -4.68. The molecule has 0 aliphatic carbocycles. The summed E-state index contributed by atoms with van der Waals surface area (Å²) in [6.45, 7) is 2.13. The minimum absolute atomic E-state index is 0.0432. The van der Waals surface area contributed by atoms with Gasteiger partial charge in [0, 0.05) is 11.6 Å². The van der Waals surface area contributed by atoms with Crippen LogP contribution in [0.15, 0.2) is 18.2 Å². The molecule has 0 spiro atoms. The molecule has 0 heterocycles. The summed E-state index contributed by atoms with van der Waals surface area (Å²) in [6, 6.07) is 2.61. The molecule has 0 aliphatic heterocycles. The first-order chi connectivity index (χ1) is 9.88. The van der Waals surface area contributed by atoms with Crippen LogP contribution in [0.1, 0.15) is 69.0 Å². The SMILES string of the molecule is CCCCCCCCC(N)c1cccc(C(F)(F)F)c1F. The Balaban J connectivity index is 2.57. The predicted molar refractivity (Wildman–Crippen MR) is 76.3 cm³/mol. The molecule has 21 heavy (non-hydrogen) atoms. The average Bonchev–Trinajstić information content (AvgIpc) is 2.41. The third-order valence-corrected chi connectivity index (χ3v) is 3.60. The summed E-state index contributed by atoms with van der Waals surface area (Å²) < 4.78 is 51.8. The van der Waals surface area contributed by atoms with Gasteiger partial charge in [0.05, 0.1) is 5.56 Å². The van der Waals surface area contributed by atoms with Gasteiger partial charge in [-0.25, -0.2) is 4.39 Å². The molecule has 1 aromatic rings. The van der Waals surface area contributed by atoms with Gasteiger partial charge in [-0.15, -0.1) is 0 Å². The first-order valence-corrected chi connectivity index (χ1v) is 7.49. The van der Waals surface area contributed by atoms with E-state index in [9.17, 15) is 17.6 Å². The summed E-state index contributed by atoms with van der Waals surface area (Å²) in [7, 11) is 0. The molecular formula is C16H23F4N. The molecule has 0 bridgehead atoms. The van der Waals surface area contributed by atoms with Crippen LogP contribution in [-0.2, 0) is 6.18 Å². The fourth-order valence-corrected chi connectivity index (χ4v) is 2.36. The number of rotatable bonds is 8. The highest BCUT2D eigenvalue weighted by Gasteiger charge is 2.35. The van der Waals surface area contributed by atoms with Gasteiger partial charge in [-0.3, -0.25) is 0 Å². The molecular weight excluding hydrogens is 282 g/mol. The molecule has 0 saturated heterocycles. The van der Waals surface area contributed by atoms with E-state index in [4.69, 9.17) is 5.73 Å². The topological polar surface area (TPSA) is 26.0 Å². The van der Waals surface area contributed by atoms with E-state index in [0.29, 0.717) is 6.42 Å². The highest BCUT2D eigenvalue weighted by Crippen LogP contribution is 2.34. The number of unbranched alkanes of at least 4 members (excludes halogenated alkanes) is 5. The van der Waals surface area contributed by atoms with Gasteiger partial charge in [0.25, 0.3) is 0 Å². The molecule has 1 aromatic carbocycles. The number of hydrogen-bond donors (Lipinski definition) is 1. The van der Waals surface area contributed by atoms with Gasteiger partial charge in [-0.05, 0) is 12.5 Å². The van der Waals surface area contributed by atoms with Crippen molar-refractivity contribution in [3.63, 3.8) is 0 Å². The summed E-state index contributed by atoms with van der Waals surface area (Å²) >= 11 is 0. The fraction of sp³-hybridized carbons (Fsp3) is 0.625. The van der Waals surface area contributed by atoms with Crippen LogP contribution in [0.4, 0.5) is 17.6 Å². The highest BCUT2D eigenvalue weighted by molar-refractivity contribution is 5.30. The van der Waals surface area contributed by atoms with Crippen LogP contribution in [0.3, 0.4) is 0 Å². The average molecular weight is 305 g/mol. The van der Waals surface area contributed by atoms with E-state index in [2.05, 4.69) is 6.92 Å². The van der Waals surface area contributed by atoms with Crippen LogP contribution in [0.5, 0.6) is 0 Å². The second-order valence-corrected chi connectivity index (χ2v) is 5.37. The van der Waals surface area contributed by atoms with E-state index in [1.165, 1.54) is 18.6 Å². The van der Waals surface area contributed by atoms with Crippen molar-refractivity contribution in [2.45, 2.75) is 64.1 Å². The van der Waals surface area contributed by atoms with E-state index < -0.39 is 23.6 Å². The summed E-state index contributed by atoms with van der Waals surface area (Å²) in [4.78, 5) is 0. The van der Waals surface area contributed by atoms with Gasteiger partial charge in [0.15, 0.2) is 0 Å². The molecule has 0 fully saturated rings. The summed E-state index contributed by atoms with van der Waals surface area (Å²) in [5, 5.41) is 0. The van der Waals surface area contributed by atoms with Crippen LogP contribution in [-0.4, -0.2) is 0 Å². The molecule has 1 unspecified atom stereocenters. The van der Waals surface area contributed by atoms with Gasteiger partial charge in [0.1, 0.15) is 5.82 Å². The Morgan fingerprint density at radius 2 is 1.67 bits per heavy atom. The first kappa shape index (κ1) is 18.0. The Hall–Kier alpha value is -1.10. The lowest BCUT2D eigenvalue weighted by Gasteiger charge is -2.16. The molecule has 0 radical (unpaired) electrons. The molecule has 1 rings (SSSR count). The van der Waals surface area contributed by atoms with Crippen LogP contribution < -0.4 is 5.73 Å². The molecule has 0 amide bonds. The smallest absolute Gasteiger partial charge is 0.324 e. The van der Waals surface area contributed by atoms with E-state index in [-0.39, 0.29) is 5.56 Å². The van der Waals surface area contributed by atoms with Crippen LogP contribution in [0.2, 0.25) is 0 Å². The van der Waals surface area contributed by atoms with E-state index in [1.807, 2.05) is 0 Å². The van der Waals surface area contributed by atoms with E-state index in [1.54, 1.807) is 0 Å². The maximum atomic E-state index is 13.9. The maximum absolute atomic E-state index is 13.9. The zero-order valence-electron chi connectivity index (χ0n) is 12.3. The standard InChI is InChI=1S/C16H23F4N/c1-2-3-4-5-6-7-11-14(21)12-9-8-10-13(15(12)17)16(18,19)20/h8-10,14H,2-7,11,21H2,1H3. The number of benzene rings is 1. The van der Waals surface area contributed by atoms with Crippen molar-refractivity contribution < 1.29 is 17.6 Å². The normalized spacial score (nSPS) is 13.4. The van der Waals surface area contributed by atoms with E-state index >= 15 is 0 Å². The Bertz CT molecular complexity index is 429. The number of hydrogen-bond acceptors (Lipinski definition) is 1. The third-order valence-electron chi connectivity index (χ3n) is 3.60. The predicted octanol–water partition coefficient (Wildman–Crippen LogP) is 5.59. The van der Waals surface area contributed by atoms with Crippen LogP contribution in [0, 0.1) is 5.82 Å². The molecule has 0 aromatic heterocycles. The van der Waals surface area contributed by atoms with Crippen molar-refractivity contribution in [3.05, 3.63) is 35.1 Å². The van der Waals surface area contributed by atoms with Crippen molar-refractivity contribution in [2.75, 3.05) is 0 Å². The lowest BCUT2D eigenvalue weighted by Crippen LogP contribution is -2.16. The van der Waals surface area contributed by atoms with Crippen LogP contribution in [0.25, 0.3) is 0 Å². The zero-order valence-corrected chi connectivity index (χ0v) is 12.3. The number of halogens is 4. The Morgan fingerprint density at radius 1 is 1.05 bits per heavy atom. The van der Waals surface area contributed by atoms with Crippen LogP contribution >= 0.6 is 0 Å². The van der Waals surface area contributed by atoms with Crippen molar-refractivity contribution in [1.82, 2.24) is 0 Å².